The SMILES string of the molecule is Cc1c(C(=O)N2CCC(C(=O)O)CC2)oc2ccc(Cl)cc12. The van der Waals surface area contributed by atoms with Crippen LogP contribution in [0.4, 0.5) is 0 Å². The molecule has 22 heavy (non-hydrogen) atoms. The molecule has 1 fully saturated rings. The molecule has 0 radical (unpaired) electrons. The van der Waals surface area contributed by atoms with Gasteiger partial charge in [0.2, 0.25) is 0 Å². The Hall–Kier alpha value is -2.01. The standard InChI is InChI=1S/C16H16ClNO4/c1-9-12-8-11(17)2-3-13(12)22-14(9)15(19)18-6-4-10(5-7-18)16(20)21/h2-3,8,10H,4-7H2,1H3,(H,20,21). The fourth-order valence-electron chi connectivity index (χ4n) is 2.87. The molecule has 5 nitrogen and oxygen atoms in total. The van der Waals surface area contributed by atoms with Crippen molar-refractivity contribution in [2.75, 3.05) is 13.1 Å². The van der Waals surface area contributed by atoms with Crippen LogP contribution in [0, 0.1) is 12.8 Å². The molecular formula is C16H16ClNO4. The first-order chi connectivity index (χ1) is 10.5. The third kappa shape index (κ3) is 2.57. The molecule has 1 aliphatic rings. The molecule has 1 N–H and O–H groups in total. The first-order valence-corrected chi connectivity index (χ1v) is 7.56. The van der Waals surface area contributed by atoms with Crippen molar-refractivity contribution < 1.29 is 19.1 Å². The smallest absolute Gasteiger partial charge is 0.306 e. The van der Waals surface area contributed by atoms with Crippen molar-refractivity contribution in [3.63, 3.8) is 0 Å². The predicted octanol–water partition coefficient (Wildman–Crippen LogP) is 3.33. The van der Waals surface area contributed by atoms with Crippen molar-refractivity contribution in [3.8, 4) is 0 Å². The molecule has 0 atom stereocenters. The highest BCUT2D eigenvalue weighted by molar-refractivity contribution is 6.31. The first kappa shape index (κ1) is 14.9. The number of aryl methyl sites for hydroxylation is 1. The second-order valence-electron chi connectivity index (χ2n) is 5.60. The Morgan fingerprint density at radius 2 is 2.00 bits per heavy atom. The number of halogens is 1. The predicted molar refractivity (Wildman–Crippen MR) is 82.2 cm³/mol. The fourth-order valence-corrected chi connectivity index (χ4v) is 3.04. The molecule has 0 spiro atoms. The quantitative estimate of drug-likeness (QED) is 0.921. The van der Waals surface area contributed by atoms with Crippen LogP contribution in [-0.4, -0.2) is 35.0 Å². The van der Waals surface area contributed by atoms with Gasteiger partial charge in [-0.2, -0.15) is 0 Å². The Morgan fingerprint density at radius 3 is 2.64 bits per heavy atom. The molecule has 3 rings (SSSR count). The summed E-state index contributed by atoms with van der Waals surface area (Å²) in [5.74, 6) is -1.03. The number of carboxylic acids is 1. The number of carbonyl (C=O) groups excluding carboxylic acids is 1. The number of carboxylic acid groups (broad SMARTS) is 1. The fraction of sp³-hybridized carbons (Fsp3) is 0.375. The van der Waals surface area contributed by atoms with Gasteiger partial charge in [0.1, 0.15) is 5.58 Å². The van der Waals surface area contributed by atoms with Crippen molar-refractivity contribution in [2.24, 2.45) is 5.92 Å². The van der Waals surface area contributed by atoms with E-state index in [2.05, 4.69) is 0 Å². The molecule has 0 unspecified atom stereocenters. The minimum Gasteiger partial charge on any atom is -0.481 e. The number of aliphatic carboxylic acids is 1. The third-order valence-electron chi connectivity index (χ3n) is 4.22. The number of benzene rings is 1. The third-order valence-corrected chi connectivity index (χ3v) is 4.46. The number of amides is 1. The molecule has 0 bridgehead atoms. The second kappa shape index (κ2) is 5.65. The van der Waals surface area contributed by atoms with Gasteiger partial charge < -0.3 is 14.4 Å². The minimum absolute atomic E-state index is 0.186. The number of hydrogen-bond acceptors (Lipinski definition) is 3. The molecule has 1 aliphatic heterocycles. The highest BCUT2D eigenvalue weighted by atomic mass is 35.5. The lowest BCUT2D eigenvalue weighted by atomic mass is 9.97. The van der Waals surface area contributed by atoms with Crippen LogP contribution in [0.2, 0.25) is 5.02 Å². The Bertz CT molecular complexity index is 744. The molecule has 1 aromatic carbocycles. The Kier molecular flexibility index (Phi) is 3.83. The summed E-state index contributed by atoms with van der Waals surface area (Å²) in [6.07, 6.45) is 0.957. The lowest BCUT2D eigenvalue weighted by Gasteiger charge is -2.29. The van der Waals surface area contributed by atoms with Crippen LogP contribution in [0.3, 0.4) is 0 Å². The molecule has 1 aromatic heterocycles. The van der Waals surface area contributed by atoms with Gasteiger partial charge in [0, 0.05) is 29.1 Å². The van der Waals surface area contributed by atoms with E-state index in [4.69, 9.17) is 21.1 Å². The summed E-state index contributed by atoms with van der Waals surface area (Å²) in [5.41, 5.74) is 1.40. The molecule has 0 saturated carbocycles. The highest BCUT2D eigenvalue weighted by Crippen LogP contribution is 2.29. The van der Waals surface area contributed by atoms with Crippen LogP contribution in [0.25, 0.3) is 11.0 Å². The number of nitrogens with zero attached hydrogens (tertiary/aromatic N) is 1. The summed E-state index contributed by atoms with van der Waals surface area (Å²) in [6, 6.07) is 5.25. The maximum Gasteiger partial charge on any atom is 0.306 e. The van der Waals surface area contributed by atoms with Crippen molar-refractivity contribution in [3.05, 3.63) is 34.5 Å². The summed E-state index contributed by atoms with van der Waals surface area (Å²) in [5, 5.41) is 10.4. The molecule has 6 heteroatoms. The minimum atomic E-state index is -0.790. The maximum absolute atomic E-state index is 12.6. The molecule has 2 heterocycles. The molecule has 0 aliphatic carbocycles. The van der Waals surface area contributed by atoms with E-state index in [1.165, 1.54) is 0 Å². The number of rotatable bonds is 2. The molecular weight excluding hydrogens is 306 g/mol. The van der Waals surface area contributed by atoms with Crippen molar-refractivity contribution in [1.82, 2.24) is 4.90 Å². The average molecular weight is 322 g/mol. The van der Waals surface area contributed by atoms with Gasteiger partial charge in [-0.05, 0) is 38.0 Å². The molecule has 1 saturated heterocycles. The van der Waals surface area contributed by atoms with E-state index in [0.717, 1.165) is 10.9 Å². The number of carbonyl (C=O) groups is 2. The van der Waals surface area contributed by atoms with Gasteiger partial charge in [0.25, 0.3) is 5.91 Å². The van der Waals surface area contributed by atoms with Gasteiger partial charge in [0.15, 0.2) is 5.76 Å². The van der Waals surface area contributed by atoms with Gasteiger partial charge in [-0.3, -0.25) is 9.59 Å². The van der Waals surface area contributed by atoms with Gasteiger partial charge >= 0.3 is 5.97 Å². The zero-order chi connectivity index (χ0) is 15.9. The van der Waals surface area contributed by atoms with Gasteiger partial charge in [-0.15, -0.1) is 0 Å². The number of furan rings is 1. The summed E-state index contributed by atoms with van der Waals surface area (Å²) in [7, 11) is 0. The van der Waals surface area contributed by atoms with Gasteiger partial charge in [0.05, 0.1) is 5.92 Å². The Labute approximate surface area is 132 Å². The summed E-state index contributed by atoms with van der Waals surface area (Å²) >= 11 is 5.98. The summed E-state index contributed by atoms with van der Waals surface area (Å²) < 4.78 is 5.68. The number of likely N-dealkylation sites (tertiary alicyclic amines) is 1. The van der Waals surface area contributed by atoms with E-state index in [1.807, 2.05) is 6.92 Å². The van der Waals surface area contributed by atoms with Gasteiger partial charge in [-0.25, -0.2) is 0 Å². The summed E-state index contributed by atoms with van der Waals surface area (Å²) in [4.78, 5) is 25.2. The van der Waals surface area contributed by atoms with Crippen LogP contribution in [-0.2, 0) is 4.79 Å². The number of piperidine rings is 1. The zero-order valence-electron chi connectivity index (χ0n) is 12.1. The zero-order valence-corrected chi connectivity index (χ0v) is 12.9. The van der Waals surface area contributed by atoms with Crippen LogP contribution in [0.15, 0.2) is 22.6 Å². The highest BCUT2D eigenvalue weighted by Gasteiger charge is 2.30. The Morgan fingerprint density at radius 1 is 1.32 bits per heavy atom. The molecule has 1 amide bonds. The topological polar surface area (TPSA) is 70.8 Å². The summed E-state index contributed by atoms with van der Waals surface area (Å²) in [6.45, 7) is 2.71. The van der Waals surface area contributed by atoms with E-state index < -0.39 is 5.97 Å². The normalized spacial score (nSPS) is 16.2. The van der Waals surface area contributed by atoms with Crippen molar-refractivity contribution >= 4 is 34.4 Å². The largest absolute Gasteiger partial charge is 0.481 e. The Balaban J connectivity index is 1.84. The second-order valence-corrected chi connectivity index (χ2v) is 6.04. The number of fused-ring (bicyclic) bond motifs is 1. The van der Waals surface area contributed by atoms with E-state index in [-0.39, 0.29) is 11.8 Å². The van der Waals surface area contributed by atoms with Crippen LogP contribution < -0.4 is 0 Å². The van der Waals surface area contributed by atoms with Crippen molar-refractivity contribution in [2.45, 2.75) is 19.8 Å². The average Bonchev–Trinajstić information content (AvgIpc) is 2.83. The molecule has 2 aromatic rings. The molecule has 116 valence electrons. The van der Waals surface area contributed by atoms with Crippen LogP contribution in [0.1, 0.15) is 29.0 Å². The first-order valence-electron chi connectivity index (χ1n) is 7.18. The number of hydrogen-bond donors (Lipinski definition) is 1. The van der Waals surface area contributed by atoms with Crippen molar-refractivity contribution in [1.29, 1.82) is 0 Å². The van der Waals surface area contributed by atoms with E-state index in [9.17, 15) is 9.59 Å². The lowest BCUT2D eigenvalue weighted by molar-refractivity contribution is -0.143. The van der Waals surface area contributed by atoms with E-state index >= 15 is 0 Å². The maximum atomic E-state index is 12.6. The van der Waals surface area contributed by atoms with Gasteiger partial charge in [-0.1, -0.05) is 11.6 Å². The van der Waals surface area contributed by atoms with E-state index in [1.54, 1.807) is 23.1 Å². The monoisotopic (exact) mass is 321 g/mol. The van der Waals surface area contributed by atoms with Crippen LogP contribution >= 0.6 is 11.6 Å². The van der Waals surface area contributed by atoms with E-state index in [0.29, 0.717) is 42.3 Å². The van der Waals surface area contributed by atoms with Crippen LogP contribution in [0.5, 0.6) is 0 Å². The lowest BCUT2D eigenvalue weighted by Crippen LogP contribution is -2.40.